The lowest BCUT2D eigenvalue weighted by Gasteiger charge is -2.26. The molecule has 0 N–H and O–H groups in total. The minimum Gasteiger partial charge on any atom is -0.347 e. The molecule has 4 nitrogen and oxygen atoms in total. The molecule has 1 aromatic carbocycles. The number of hydrogen-bond donors (Lipinski definition) is 0. The summed E-state index contributed by atoms with van der Waals surface area (Å²) in [6.45, 7) is 2.73. The zero-order valence-electron chi connectivity index (χ0n) is 12.8. The topological polar surface area (TPSA) is 40.6 Å². The van der Waals surface area contributed by atoms with E-state index >= 15 is 0 Å². The van der Waals surface area contributed by atoms with Crippen molar-refractivity contribution in [1.29, 1.82) is 0 Å². The van der Waals surface area contributed by atoms with E-state index in [4.69, 9.17) is 0 Å². The maximum atomic E-state index is 12.4. The second kappa shape index (κ2) is 6.98. The van der Waals surface area contributed by atoms with Gasteiger partial charge in [0.15, 0.2) is 0 Å². The quantitative estimate of drug-likeness (QED) is 0.801. The first kappa shape index (κ1) is 15.9. The molecule has 21 heavy (non-hydrogen) atoms. The van der Waals surface area contributed by atoms with Crippen LogP contribution < -0.4 is 0 Å². The van der Waals surface area contributed by atoms with Crippen molar-refractivity contribution in [2.24, 2.45) is 0 Å². The number of likely N-dealkylation sites (tertiary alicyclic amines) is 1. The summed E-state index contributed by atoms with van der Waals surface area (Å²) in [4.78, 5) is 28.9. The van der Waals surface area contributed by atoms with Gasteiger partial charge < -0.3 is 9.80 Å². The number of hydrogen-bond acceptors (Lipinski definition) is 3. The standard InChI is InChI=1S/C16H22N2O2S/c1-12-6-8-13(9-7-12)21-11-15(19)18-10-4-5-14(18)16(20)17(2)3/h6-9,14H,4-5,10-11H2,1-3H3. The Morgan fingerprint density at radius 3 is 2.57 bits per heavy atom. The summed E-state index contributed by atoms with van der Waals surface area (Å²) in [7, 11) is 3.48. The van der Waals surface area contributed by atoms with Crippen LogP contribution >= 0.6 is 11.8 Å². The molecule has 0 bridgehead atoms. The lowest BCUT2D eigenvalue weighted by Crippen LogP contribution is -2.46. The van der Waals surface area contributed by atoms with Gasteiger partial charge in [-0.15, -0.1) is 11.8 Å². The molecule has 0 aromatic heterocycles. The molecule has 2 amide bonds. The number of benzene rings is 1. The molecule has 0 radical (unpaired) electrons. The Morgan fingerprint density at radius 2 is 1.95 bits per heavy atom. The molecule has 2 rings (SSSR count). The van der Waals surface area contributed by atoms with E-state index in [0.717, 1.165) is 17.7 Å². The summed E-state index contributed by atoms with van der Waals surface area (Å²) in [6, 6.07) is 7.87. The number of thioether (sulfide) groups is 1. The number of aryl methyl sites for hydroxylation is 1. The molecule has 1 aliphatic rings. The van der Waals surface area contributed by atoms with Crippen molar-refractivity contribution in [2.75, 3.05) is 26.4 Å². The molecule has 0 saturated carbocycles. The lowest BCUT2D eigenvalue weighted by atomic mass is 10.2. The summed E-state index contributed by atoms with van der Waals surface area (Å²) < 4.78 is 0. The van der Waals surface area contributed by atoms with Crippen molar-refractivity contribution >= 4 is 23.6 Å². The first-order chi connectivity index (χ1) is 9.99. The number of amides is 2. The van der Waals surface area contributed by atoms with E-state index < -0.39 is 0 Å². The second-order valence-electron chi connectivity index (χ2n) is 5.58. The van der Waals surface area contributed by atoms with E-state index in [1.807, 2.05) is 31.2 Å². The van der Waals surface area contributed by atoms with Crippen molar-refractivity contribution in [3.05, 3.63) is 29.8 Å². The van der Waals surface area contributed by atoms with Gasteiger partial charge in [0, 0.05) is 25.5 Å². The first-order valence-corrected chi connectivity index (χ1v) is 8.17. The Hall–Kier alpha value is -1.49. The van der Waals surface area contributed by atoms with Crippen LogP contribution in [0.2, 0.25) is 0 Å². The zero-order chi connectivity index (χ0) is 15.4. The maximum absolute atomic E-state index is 12.4. The van der Waals surface area contributed by atoms with Gasteiger partial charge in [0.2, 0.25) is 11.8 Å². The zero-order valence-corrected chi connectivity index (χ0v) is 13.7. The monoisotopic (exact) mass is 306 g/mol. The smallest absolute Gasteiger partial charge is 0.244 e. The minimum atomic E-state index is -0.272. The fourth-order valence-corrected chi connectivity index (χ4v) is 3.27. The largest absolute Gasteiger partial charge is 0.347 e. The van der Waals surface area contributed by atoms with Crippen molar-refractivity contribution in [3.8, 4) is 0 Å². The molecule has 1 fully saturated rings. The number of carbonyl (C=O) groups is 2. The highest BCUT2D eigenvalue weighted by molar-refractivity contribution is 8.00. The number of likely N-dealkylation sites (N-methyl/N-ethyl adjacent to an activating group) is 1. The van der Waals surface area contributed by atoms with Crippen LogP contribution in [0.3, 0.4) is 0 Å². The van der Waals surface area contributed by atoms with Crippen molar-refractivity contribution in [1.82, 2.24) is 9.80 Å². The molecule has 0 spiro atoms. The van der Waals surface area contributed by atoms with Crippen LogP contribution in [-0.4, -0.2) is 54.0 Å². The van der Waals surface area contributed by atoms with Crippen molar-refractivity contribution in [3.63, 3.8) is 0 Å². The third kappa shape index (κ3) is 4.00. The number of rotatable bonds is 4. The van der Waals surface area contributed by atoms with Gasteiger partial charge in [-0.2, -0.15) is 0 Å². The van der Waals surface area contributed by atoms with Crippen LogP contribution in [0.25, 0.3) is 0 Å². The second-order valence-corrected chi connectivity index (χ2v) is 6.63. The summed E-state index contributed by atoms with van der Waals surface area (Å²) in [5, 5.41) is 0. The van der Waals surface area contributed by atoms with Gasteiger partial charge in [-0.05, 0) is 31.9 Å². The molecule has 0 aliphatic carbocycles. The maximum Gasteiger partial charge on any atom is 0.244 e. The first-order valence-electron chi connectivity index (χ1n) is 7.19. The molecule has 1 unspecified atom stereocenters. The minimum absolute atomic E-state index is 0.0289. The summed E-state index contributed by atoms with van der Waals surface area (Å²) >= 11 is 1.53. The van der Waals surface area contributed by atoms with E-state index in [1.165, 1.54) is 17.3 Å². The fourth-order valence-electron chi connectivity index (χ4n) is 2.48. The third-order valence-electron chi connectivity index (χ3n) is 3.68. The van der Waals surface area contributed by atoms with Gasteiger partial charge in [0.1, 0.15) is 6.04 Å². The Kier molecular flexibility index (Phi) is 5.28. The highest BCUT2D eigenvalue weighted by Crippen LogP contribution is 2.23. The SMILES string of the molecule is Cc1ccc(SCC(=O)N2CCCC2C(=O)N(C)C)cc1. The molecule has 1 heterocycles. The summed E-state index contributed by atoms with van der Waals surface area (Å²) in [5.41, 5.74) is 1.21. The van der Waals surface area contributed by atoms with Crippen LogP contribution in [0, 0.1) is 6.92 Å². The Morgan fingerprint density at radius 1 is 1.29 bits per heavy atom. The molecule has 1 saturated heterocycles. The van der Waals surface area contributed by atoms with Gasteiger partial charge in [-0.25, -0.2) is 0 Å². The molecular formula is C16H22N2O2S. The fraction of sp³-hybridized carbons (Fsp3) is 0.500. The van der Waals surface area contributed by atoms with E-state index in [1.54, 1.807) is 23.9 Å². The van der Waals surface area contributed by atoms with E-state index in [2.05, 4.69) is 0 Å². The van der Waals surface area contributed by atoms with Crippen molar-refractivity contribution in [2.45, 2.75) is 30.7 Å². The lowest BCUT2D eigenvalue weighted by molar-refractivity contribution is -0.140. The van der Waals surface area contributed by atoms with Crippen LogP contribution in [-0.2, 0) is 9.59 Å². The van der Waals surface area contributed by atoms with Gasteiger partial charge in [0.25, 0.3) is 0 Å². The highest BCUT2D eigenvalue weighted by atomic mass is 32.2. The van der Waals surface area contributed by atoms with Gasteiger partial charge in [-0.1, -0.05) is 17.7 Å². The highest BCUT2D eigenvalue weighted by Gasteiger charge is 2.34. The average Bonchev–Trinajstić information content (AvgIpc) is 2.94. The molecule has 1 aliphatic heterocycles. The molecular weight excluding hydrogens is 284 g/mol. The van der Waals surface area contributed by atoms with E-state index in [-0.39, 0.29) is 17.9 Å². The summed E-state index contributed by atoms with van der Waals surface area (Å²) in [5.74, 6) is 0.472. The number of nitrogens with zero attached hydrogens (tertiary/aromatic N) is 2. The van der Waals surface area contributed by atoms with Gasteiger partial charge >= 0.3 is 0 Å². The number of carbonyl (C=O) groups excluding carboxylic acids is 2. The van der Waals surface area contributed by atoms with Crippen LogP contribution in [0.1, 0.15) is 18.4 Å². The Bertz CT molecular complexity index is 514. The van der Waals surface area contributed by atoms with Crippen LogP contribution in [0.15, 0.2) is 29.2 Å². The van der Waals surface area contributed by atoms with E-state index in [9.17, 15) is 9.59 Å². The molecule has 5 heteroatoms. The van der Waals surface area contributed by atoms with Crippen LogP contribution in [0.5, 0.6) is 0 Å². The summed E-state index contributed by atoms with van der Waals surface area (Å²) in [6.07, 6.45) is 1.68. The predicted molar refractivity (Wildman–Crippen MR) is 85.3 cm³/mol. The third-order valence-corrected chi connectivity index (χ3v) is 4.68. The Balaban J connectivity index is 1.93. The molecule has 1 atom stereocenters. The van der Waals surface area contributed by atoms with Gasteiger partial charge in [0.05, 0.1) is 5.75 Å². The van der Waals surface area contributed by atoms with Gasteiger partial charge in [-0.3, -0.25) is 9.59 Å². The van der Waals surface area contributed by atoms with Crippen LogP contribution in [0.4, 0.5) is 0 Å². The normalized spacial score (nSPS) is 17.9. The van der Waals surface area contributed by atoms with Crippen molar-refractivity contribution < 1.29 is 9.59 Å². The molecule has 114 valence electrons. The Labute approximate surface area is 130 Å². The van der Waals surface area contributed by atoms with E-state index in [0.29, 0.717) is 12.3 Å². The predicted octanol–water partition coefficient (Wildman–Crippen LogP) is 2.17. The average molecular weight is 306 g/mol. The molecule has 1 aromatic rings.